The van der Waals surface area contributed by atoms with Gasteiger partial charge in [0.2, 0.25) is 11.8 Å². The van der Waals surface area contributed by atoms with Gasteiger partial charge in [-0.1, -0.05) is 6.07 Å². The summed E-state index contributed by atoms with van der Waals surface area (Å²) in [5, 5.41) is 0. The highest BCUT2D eigenvalue weighted by Gasteiger charge is 2.20. The van der Waals surface area contributed by atoms with Crippen LogP contribution in [0.4, 0.5) is 5.82 Å². The Labute approximate surface area is 140 Å². The van der Waals surface area contributed by atoms with Crippen LogP contribution in [0.2, 0.25) is 0 Å². The lowest BCUT2D eigenvalue weighted by molar-refractivity contribution is -0.129. The van der Waals surface area contributed by atoms with Crippen molar-refractivity contribution in [1.82, 2.24) is 14.9 Å². The van der Waals surface area contributed by atoms with E-state index >= 15 is 0 Å². The normalized spacial score (nSPS) is 14.4. The molecule has 1 saturated heterocycles. The van der Waals surface area contributed by atoms with E-state index in [0.717, 1.165) is 24.7 Å². The smallest absolute Gasteiger partial charge is 0.224 e. The number of benzene rings is 1. The summed E-state index contributed by atoms with van der Waals surface area (Å²) in [6.45, 7) is 4.49. The van der Waals surface area contributed by atoms with Crippen LogP contribution in [-0.2, 0) is 4.79 Å². The van der Waals surface area contributed by atoms with Gasteiger partial charge in [0.15, 0.2) is 0 Å². The molecule has 0 unspecified atom stereocenters. The molecule has 7 nitrogen and oxygen atoms in total. The van der Waals surface area contributed by atoms with Crippen LogP contribution in [0.1, 0.15) is 6.92 Å². The van der Waals surface area contributed by atoms with Crippen molar-refractivity contribution in [2.75, 3.05) is 38.2 Å². The minimum atomic E-state index is 0.111. The van der Waals surface area contributed by atoms with Crippen molar-refractivity contribution in [2.45, 2.75) is 6.92 Å². The van der Waals surface area contributed by atoms with Gasteiger partial charge < -0.3 is 19.3 Å². The molecule has 3 rings (SSSR count). The summed E-state index contributed by atoms with van der Waals surface area (Å²) in [5.74, 6) is 2.76. The molecule has 1 aromatic heterocycles. The predicted molar refractivity (Wildman–Crippen MR) is 89.6 cm³/mol. The van der Waals surface area contributed by atoms with Gasteiger partial charge in [-0.05, 0) is 12.1 Å². The lowest BCUT2D eigenvalue weighted by Gasteiger charge is -2.34. The van der Waals surface area contributed by atoms with E-state index in [1.807, 2.05) is 29.2 Å². The average Bonchev–Trinajstić information content (AvgIpc) is 2.62. The number of hydrogen-bond acceptors (Lipinski definition) is 6. The van der Waals surface area contributed by atoms with E-state index in [0.29, 0.717) is 24.7 Å². The number of methoxy groups -OCH3 is 1. The Hall–Kier alpha value is -2.83. The molecular weight excluding hydrogens is 308 g/mol. The monoisotopic (exact) mass is 328 g/mol. The first-order chi connectivity index (χ1) is 11.7. The number of carbonyl (C=O) groups is 1. The van der Waals surface area contributed by atoms with Crippen molar-refractivity contribution in [3.63, 3.8) is 0 Å². The zero-order valence-electron chi connectivity index (χ0n) is 13.8. The number of carbonyl (C=O) groups excluding carboxylic acids is 1. The van der Waals surface area contributed by atoms with E-state index in [9.17, 15) is 4.79 Å². The third-order valence-electron chi connectivity index (χ3n) is 3.94. The Morgan fingerprint density at radius 3 is 2.54 bits per heavy atom. The molecule has 0 atom stereocenters. The second kappa shape index (κ2) is 7.16. The number of anilines is 1. The van der Waals surface area contributed by atoms with Crippen LogP contribution >= 0.6 is 0 Å². The Bertz CT molecular complexity index is 714. The fourth-order valence-electron chi connectivity index (χ4n) is 2.59. The maximum absolute atomic E-state index is 11.4. The van der Waals surface area contributed by atoms with E-state index in [4.69, 9.17) is 9.47 Å². The summed E-state index contributed by atoms with van der Waals surface area (Å²) in [6, 6.07) is 9.16. The van der Waals surface area contributed by atoms with E-state index in [-0.39, 0.29) is 5.91 Å². The van der Waals surface area contributed by atoms with Gasteiger partial charge in [0.25, 0.3) is 0 Å². The highest BCUT2D eigenvalue weighted by atomic mass is 16.5. The zero-order valence-corrected chi connectivity index (χ0v) is 13.8. The number of amides is 1. The van der Waals surface area contributed by atoms with Gasteiger partial charge in [0.05, 0.1) is 7.11 Å². The molecule has 0 saturated carbocycles. The third kappa shape index (κ3) is 3.73. The quantitative estimate of drug-likeness (QED) is 0.854. The lowest BCUT2D eigenvalue weighted by Crippen LogP contribution is -2.48. The highest BCUT2D eigenvalue weighted by Crippen LogP contribution is 2.25. The molecule has 1 aliphatic heterocycles. The van der Waals surface area contributed by atoms with Crippen molar-refractivity contribution in [3.8, 4) is 17.4 Å². The van der Waals surface area contributed by atoms with Crippen molar-refractivity contribution in [3.05, 3.63) is 36.7 Å². The van der Waals surface area contributed by atoms with Crippen LogP contribution in [0.15, 0.2) is 36.7 Å². The molecule has 126 valence electrons. The highest BCUT2D eigenvalue weighted by molar-refractivity contribution is 5.73. The summed E-state index contributed by atoms with van der Waals surface area (Å²) >= 11 is 0. The second-order valence-electron chi connectivity index (χ2n) is 5.49. The largest absolute Gasteiger partial charge is 0.497 e. The maximum Gasteiger partial charge on any atom is 0.224 e. The first-order valence-corrected chi connectivity index (χ1v) is 7.80. The van der Waals surface area contributed by atoms with Gasteiger partial charge in [-0.2, -0.15) is 0 Å². The minimum absolute atomic E-state index is 0.111. The number of nitrogens with zero attached hydrogens (tertiary/aromatic N) is 4. The summed E-state index contributed by atoms with van der Waals surface area (Å²) in [4.78, 5) is 23.8. The first kappa shape index (κ1) is 16.0. The molecule has 1 aliphatic rings. The topological polar surface area (TPSA) is 67.8 Å². The van der Waals surface area contributed by atoms with Gasteiger partial charge in [-0.15, -0.1) is 0 Å². The number of piperazine rings is 1. The fraction of sp³-hybridized carbons (Fsp3) is 0.353. The number of aromatic nitrogens is 2. The molecule has 1 fully saturated rings. The summed E-state index contributed by atoms with van der Waals surface area (Å²) in [5.41, 5.74) is 0. The van der Waals surface area contributed by atoms with E-state index in [2.05, 4.69) is 14.9 Å². The zero-order chi connectivity index (χ0) is 16.9. The second-order valence-corrected chi connectivity index (χ2v) is 5.49. The van der Waals surface area contributed by atoms with Crippen LogP contribution < -0.4 is 14.4 Å². The lowest BCUT2D eigenvalue weighted by atomic mass is 10.3. The van der Waals surface area contributed by atoms with Crippen LogP contribution in [-0.4, -0.2) is 54.1 Å². The first-order valence-electron chi connectivity index (χ1n) is 7.80. The average molecular weight is 328 g/mol. The fourth-order valence-corrected chi connectivity index (χ4v) is 2.59. The molecule has 1 aromatic carbocycles. The summed E-state index contributed by atoms with van der Waals surface area (Å²) in [6.07, 6.45) is 1.49. The standard InChI is InChI=1S/C17H20N4O3/c1-13(22)20-6-8-21(9-7-20)16-11-17(19-12-18-16)24-15-5-3-4-14(10-15)23-2/h3-5,10-12H,6-9H2,1-2H3. The van der Waals surface area contributed by atoms with Gasteiger partial charge in [0, 0.05) is 45.2 Å². The number of ether oxygens (including phenoxy) is 2. The SMILES string of the molecule is COc1cccc(Oc2cc(N3CCN(C(C)=O)CC3)ncn2)c1. The Kier molecular flexibility index (Phi) is 4.79. The van der Waals surface area contributed by atoms with Gasteiger partial charge in [0.1, 0.15) is 23.6 Å². The van der Waals surface area contributed by atoms with Crippen molar-refractivity contribution in [2.24, 2.45) is 0 Å². The van der Waals surface area contributed by atoms with E-state index < -0.39 is 0 Å². The Morgan fingerprint density at radius 1 is 1.08 bits per heavy atom. The van der Waals surface area contributed by atoms with Crippen molar-refractivity contribution < 1.29 is 14.3 Å². The predicted octanol–water partition coefficient (Wildman–Crippen LogP) is 1.95. The summed E-state index contributed by atoms with van der Waals surface area (Å²) in [7, 11) is 1.61. The van der Waals surface area contributed by atoms with Crippen molar-refractivity contribution >= 4 is 11.7 Å². The molecule has 2 heterocycles. The molecule has 24 heavy (non-hydrogen) atoms. The number of hydrogen-bond donors (Lipinski definition) is 0. The minimum Gasteiger partial charge on any atom is -0.497 e. The summed E-state index contributed by atoms with van der Waals surface area (Å²) < 4.78 is 11.0. The molecular formula is C17H20N4O3. The van der Waals surface area contributed by atoms with Gasteiger partial charge in [-0.3, -0.25) is 4.79 Å². The van der Waals surface area contributed by atoms with Gasteiger partial charge >= 0.3 is 0 Å². The molecule has 0 bridgehead atoms. The Balaban J connectivity index is 1.69. The van der Waals surface area contributed by atoms with Crippen LogP contribution in [0.25, 0.3) is 0 Å². The molecule has 7 heteroatoms. The molecule has 0 spiro atoms. The van der Waals surface area contributed by atoms with Crippen molar-refractivity contribution in [1.29, 1.82) is 0 Å². The molecule has 1 amide bonds. The number of rotatable bonds is 4. The molecule has 0 N–H and O–H groups in total. The van der Waals surface area contributed by atoms with E-state index in [1.54, 1.807) is 20.1 Å². The Morgan fingerprint density at radius 2 is 1.83 bits per heavy atom. The van der Waals surface area contributed by atoms with Gasteiger partial charge in [-0.25, -0.2) is 9.97 Å². The molecule has 2 aromatic rings. The third-order valence-corrected chi connectivity index (χ3v) is 3.94. The van der Waals surface area contributed by atoms with Crippen LogP contribution in [0, 0.1) is 0 Å². The van der Waals surface area contributed by atoms with E-state index in [1.165, 1.54) is 6.33 Å². The maximum atomic E-state index is 11.4. The van der Waals surface area contributed by atoms with Crippen LogP contribution in [0.5, 0.6) is 17.4 Å². The van der Waals surface area contributed by atoms with Crippen LogP contribution in [0.3, 0.4) is 0 Å². The molecule has 0 aliphatic carbocycles. The molecule has 0 radical (unpaired) electrons.